The lowest BCUT2D eigenvalue weighted by Gasteiger charge is -2.20. The summed E-state index contributed by atoms with van der Waals surface area (Å²) in [5, 5.41) is 0.349. The van der Waals surface area contributed by atoms with Gasteiger partial charge in [0.2, 0.25) is 5.91 Å². The summed E-state index contributed by atoms with van der Waals surface area (Å²) < 4.78 is 0. The summed E-state index contributed by atoms with van der Waals surface area (Å²) in [6.07, 6.45) is 1.77. The van der Waals surface area contributed by atoms with Crippen molar-refractivity contribution in [2.45, 2.75) is 25.8 Å². The summed E-state index contributed by atoms with van der Waals surface area (Å²) in [6.45, 7) is 2.25. The monoisotopic (exact) mass is 233 g/mol. The maximum absolute atomic E-state index is 11.3. The molecule has 0 aromatic carbocycles. The number of Topliss-reactive ketones (excluding diaryl/α,β-unsaturated/α-hetero) is 1. The van der Waals surface area contributed by atoms with Gasteiger partial charge in [-0.25, -0.2) is 0 Å². The second-order valence-corrected chi connectivity index (χ2v) is 3.53. The minimum Gasteiger partial charge on any atom is -0.333 e. The average molecular weight is 234 g/mol. The van der Waals surface area contributed by atoms with Crippen LogP contribution in [-0.2, 0) is 9.59 Å². The van der Waals surface area contributed by atoms with Crippen LogP contribution in [0.3, 0.4) is 0 Å². The van der Waals surface area contributed by atoms with Crippen molar-refractivity contribution in [2.75, 3.05) is 11.9 Å². The van der Waals surface area contributed by atoms with Crippen LogP contribution in [-0.4, -0.2) is 34.5 Å². The van der Waals surface area contributed by atoms with Crippen molar-refractivity contribution >= 4 is 27.6 Å². The van der Waals surface area contributed by atoms with Gasteiger partial charge in [-0.05, 0) is 12.8 Å². The summed E-state index contributed by atoms with van der Waals surface area (Å²) in [5.41, 5.74) is 0. The van der Waals surface area contributed by atoms with Gasteiger partial charge < -0.3 is 4.90 Å². The van der Waals surface area contributed by atoms with Gasteiger partial charge in [-0.15, -0.1) is 0 Å². The number of ketones is 1. The Balaban J connectivity index is 2.63. The summed E-state index contributed by atoms with van der Waals surface area (Å²) in [4.78, 5) is 24.0. The van der Waals surface area contributed by atoms with Crippen molar-refractivity contribution in [3.05, 3.63) is 0 Å². The number of carbonyl (C=O) groups excluding carboxylic acids is 2. The fourth-order valence-corrected chi connectivity index (χ4v) is 1.94. The molecule has 1 aliphatic heterocycles. The molecule has 1 rings (SSSR count). The van der Waals surface area contributed by atoms with Gasteiger partial charge in [-0.3, -0.25) is 9.59 Å². The van der Waals surface area contributed by atoms with Gasteiger partial charge in [0.15, 0.2) is 5.78 Å². The second-order valence-electron chi connectivity index (χ2n) is 2.97. The number of rotatable bonds is 2. The Hall–Kier alpha value is -0.380. The second kappa shape index (κ2) is 4.03. The van der Waals surface area contributed by atoms with Crippen molar-refractivity contribution in [3.8, 4) is 0 Å². The first kappa shape index (κ1) is 9.71. The Bertz CT molecular complexity index is 205. The molecular weight excluding hydrogens is 222 g/mol. The van der Waals surface area contributed by atoms with Crippen LogP contribution in [0.1, 0.15) is 19.8 Å². The summed E-state index contributed by atoms with van der Waals surface area (Å²) in [7, 11) is 0. The number of amides is 1. The Labute approximate surface area is 80.2 Å². The predicted octanol–water partition coefficient (Wildman–Crippen LogP) is 0.961. The highest BCUT2D eigenvalue weighted by molar-refractivity contribution is 9.09. The summed E-state index contributed by atoms with van der Waals surface area (Å²) in [6, 6.07) is -0.165. The van der Waals surface area contributed by atoms with E-state index in [-0.39, 0.29) is 17.7 Å². The normalized spacial score (nSPS) is 22.8. The van der Waals surface area contributed by atoms with E-state index in [1.165, 1.54) is 6.92 Å². The van der Waals surface area contributed by atoms with E-state index >= 15 is 0 Å². The van der Waals surface area contributed by atoms with E-state index in [0.717, 1.165) is 19.4 Å². The van der Waals surface area contributed by atoms with E-state index < -0.39 is 0 Å². The third-order valence-electron chi connectivity index (χ3n) is 2.16. The summed E-state index contributed by atoms with van der Waals surface area (Å²) >= 11 is 3.11. The Morgan fingerprint density at radius 1 is 1.58 bits per heavy atom. The number of hydrogen-bond acceptors (Lipinski definition) is 2. The van der Waals surface area contributed by atoms with E-state index in [1.807, 2.05) is 0 Å². The van der Waals surface area contributed by atoms with Gasteiger partial charge in [-0.2, -0.15) is 0 Å². The van der Waals surface area contributed by atoms with Crippen LogP contribution in [0.25, 0.3) is 0 Å². The highest BCUT2D eigenvalue weighted by Crippen LogP contribution is 2.18. The van der Waals surface area contributed by atoms with Crippen molar-refractivity contribution in [3.63, 3.8) is 0 Å². The third-order valence-corrected chi connectivity index (χ3v) is 2.71. The minimum atomic E-state index is -0.165. The Morgan fingerprint density at radius 2 is 2.25 bits per heavy atom. The van der Waals surface area contributed by atoms with Crippen molar-refractivity contribution in [1.82, 2.24) is 4.90 Å². The van der Waals surface area contributed by atoms with Crippen molar-refractivity contribution in [2.24, 2.45) is 0 Å². The molecule has 3 nitrogen and oxygen atoms in total. The smallest absolute Gasteiger partial charge is 0.220 e. The van der Waals surface area contributed by atoms with Gasteiger partial charge in [0.1, 0.15) is 0 Å². The fraction of sp³-hybridized carbons (Fsp3) is 0.750. The molecule has 0 unspecified atom stereocenters. The van der Waals surface area contributed by atoms with Crippen LogP contribution in [0.5, 0.6) is 0 Å². The molecule has 1 aliphatic rings. The molecule has 0 aliphatic carbocycles. The molecule has 0 radical (unpaired) electrons. The third kappa shape index (κ3) is 1.86. The number of carbonyl (C=O) groups is 2. The first-order valence-electron chi connectivity index (χ1n) is 4.02. The Morgan fingerprint density at radius 3 is 2.75 bits per heavy atom. The molecule has 1 heterocycles. The highest BCUT2D eigenvalue weighted by Gasteiger charge is 2.31. The van der Waals surface area contributed by atoms with E-state index in [4.69, 9.17) is 0 Å². The lowest BCUT2D eigenvalue weighted by molar-refractivity contribution is -0.134. The van der Waals surface area contributed by atoms with Crippen LogP contribution < -0.4 is 0 Å². The van der Waals surface area contributed by atoms with Gasteiger partial charge in [0, 0.05) is 13.5 Å². The maximum atomic E-state index is 11.3. The zero-order valence-electron chi connectivity index (χ0n) is 7.05. The molecule has 0 saturated carbocycles. The molecule has 4 heteroatoms. The number of nitrogens with zero attached hydrogens (tertiary/aromatic N) is 1. The minimum absolute atomic E-state index is 0.00630. The van der Waals surface area contributed by atoms with E-state index in [9.17, 15) is 9.59 Å². The number of hydrogen-bond donors (Lipinski definition) is 0. The molecule has 0 aromatic rings. The zero-order chi connectivity index (χ0) is 9.14. The molecule has 0 N–H and O–H groups in total. The SMILES string of the molecule is CC(=O)N1CCC[C@H]1C(=O)CBr. The summed E-state index contributed by atoms with van der Waals surface area (Å²) in [5.74, 6) is 0.120. The van der Waals surface area contributed by atoms with Crippen molar-refractivity contribution in [1.29, 1.82) is 0 Å². The highest BCUT2D eigenvalue weighted by atomic mass is 79.9. The van der Waals surface area contributed by atoms with Crippen LogP contribution >= 0.6 is 15.9 Å². The average Bonchev–Trinajstić information content (AvgIpc) is 2.50. The molecule has 0 spiro atoms. The molecule has 0 bridgehead atoms. The first-order valence-corrected chi connectivity index (χ1v) is 5.15. The van der Waals surface area contributed by atoms with Gasteiger partial charge in [0.25, 0.3) is 0 Å². The quantitative estimate of drug-likeness (QED) is 0.667. The topological polar surface area (TPSA) is 37.4 Å². The number of likely N-dealkylation sites (tertiary alicyclic amines) is 1. The predicted molar refractivity (Wildman–Crippen MR) is 49.2 cm³/mol. The van der Waals surface area contributed by atoms with Gasteiger partial charge in [0.05, 0.1) is 11.4 Å². The van der Waals surface area contributed by atoms with E-state index in [0.29, 0.717) is 5.33 Å². The van der Waals surface area contributed by atoms with Gasteiger partial charge in [-0.1, -0.05) is 15.9 Å². The number of halogens is 1. The molecular formula is C8H12BrNO2. The van der Waals surface area contributed by atoms with Crippen molar-refractivity contribution < 1.29 is 9.59 Å². The maximum Gasteiger partial charge on any atom is 0.220 e. The molecule has 0 aromatic heterocycles. The lowest BCUT2D eigenvalue weighted by atomic mass is 10.1. The molecule has 1 fully saturated rings. The standard InChI is InChI=1S/C8H12BrNO2/c1-6(11)10-4-2-3-7(10)8(12)5-9/h7H,2-5H2,1H3/t7-/m0/s1. The molecule has 1 saturated heterocycles. The zero-order valence-corrected chi connectivity index (χ0v) is 8.63. The Kier molecular flexibility index (Phi) is 3.26. The lowest BCUT2D eigenvalue weighted by Crippen LogP contribution is -2.39. The van der Waals surface area contributed by atoms with Crippen LogP contribution in [0.4, 0.5) is 0 Å². The fourth-order valence-electron chi connectivity index (χ4n) is 1.57. The largest absolute Gasteiger partial charge is 0.333 e. The van der Waals surface area contributed by atoms with Gasteiger partial charge >= 0.3 is 0 Å². The van der Waals surface area contributed by atoms with E-state index in [2.05, 4.69) is 15.9 Å². The first-order chi connectivity index (χ1) is 5.66. The van der Waals surface area contributed by atoms with E-state index in [1.54, 1.807) is 4.90 Å². The molecule has 1 amide bonds. The number of alkyl halides is 1. The van der Waals surface area contributed by atoms with Crippen LogP contribution in [0.15, 0.2) is 0 Å². The van der Waals surface area contributed by atoms with Crippen LogP contribution in [0.2, 0.25) is 0 Å². The molecule has 12 heavy (non-hydrogen) atoms. The van der Waals surface area contributed by atoms with Crippen LogP contribution in [0, 0.1) is 0 Å². The molecule has 1 atom stereocenters. The molecule has 68 valence electrons.